The standard InChI is InChI=1S/C11H19ClN4O/c1-9-8-14-11(12)15-10(9)13-4-5-16(2)6-7-17-3/h8H,4-7H2,1-3H3,(H,13,14,15). The number of aryl methyl sites for hydroxylation is 1. The molecule has 0 atom stereocenters. The highest BCUT2D eigenvalue weighted by atomic mass is 35.5. The maximum atomic E-state index is 5.74. The Morgan fingerprint density at radius 3 is 2.94 bits per heavy atom. The third-order valence-corrected chi connectivity index (χ3v) is 2.59. The highest BCUT2D eigenvalue weighted by molar-refractivity contribution is 6.28. The van der Waals surface area contributed by atoms with Gasteiger partial charge in [0, 0.05) is 38.5 Å². The molecule has 1 aromatic rings. The topological polar surface area (TPSA) is 50.3 Å². The van der Waals surface area contributed by atoms with Crippen LogP contribution >= 0.6 is 11.6 Å². The van der Waals surface area contributed by atoms with Crippen molar-refractivity contribution in [1.82, 2.24) is 14.9 Å². The highest BCUT2D eigenvalue weighted by Crippen LogP contribution is 2.11. The van der Waals surface area contributed by atoms with Crippen LogP contribution in [-0.4, -0.2) is 55.3 Å². The predicted octanol–water partition coefficient (Wildman–Crippen LogP) is 1.43. The summed E-state index contributed by atoms with van der Waals surface area (Å²) in [7, 11) is 3.76. The minimum Gasteiger partial charge on any atom is -0.383 e. The van der Waals surface area contributed by atoms with Crippen molar-refractivity contribution in [2.45, 2.75) is 6.92 Å². The number of nitrogens with zero attached hydrogens (tertiary/aromatic N) is 3. The molecule has 1 aromatic heterocycles. The van der Waals surface area contributed by atoms with Gasteiger partial charge in [-0.05, 0) is 25.6 Å². The number of methoxy groups -OCH3 is 1. The first-order chi connectivity index (χ1) is 8.13. The van der Waals surface area contributed by atoms with E-state index >= 15 is 0 Å². The van der Waals surface area contributed by atoms with Crippen LogP contribution in [0.2, 0.25) is 5.28 Å². The first-order valence-corrected chi connectivity index (χ1v) is 5.91. The molecule has 0 aliphatic rings. The van der Waals surface area contributed by atoms with Crippen LogP contribution in [0.4, 0.5) is 5.82 Å². The van der Waals surface area contributed by atoms with E-state index in [2.05, 4.69) is 27.2 Å². The van der Waals surface area contributed by atoms with Crippen molar-refractivity contribution in [3.05, 3.63) is 17.0 Å². The second-order valence-electron chi connectivity index (χ2n) is 3.89. The van der Waals surface area contributed by atoms with Crippen LogP contribution in [-0.2, 0) is 4.74 Å². The van der Waals surface area contributed by atoms with Gasteiger partial charge in [-0.1, -0.05) is 0 Å². The Bertz CT molecular complexity index is 348. The number of halogens is 1. The number of anilines is 1. The van der Waals surface area contributed by atoms with Crippen molar-refractivity contribution < 1.29 is 4.74 Å². The molecule has 0 radical (unpaired) electrons. The Labute approximate surface area is 107 Å². The third kappa shape index (κ3) is 5.30. The molecule has 0 amide bonds. The van der Waals surface area contributed by atoms with Gasteiger partial charge in [0.25, 0.3) is 0 Å². The molecule has 17 heavy (non-hydrogen) atoms. The minimum atomic E-state index is 0.269. The molecule has 6 heteroatoms. The third-order valence-electron chi connectivity index (χ3n) is 2.41. The molecule has 0 aliphatic heterocycles. The largest absolute Gasteiger partial charge is 0.383 e. The van der Waals surface area contributed by atoms with Gasteiger partial charge in [-0.2, -0.15) is 0 Å². The van der Waals surface area contributed by atoms with E-state index in [0.29, 0.717) is 0 Å². The van der Waals surface area contributed by atoms with Crippen molar-refractivity contribution in [2.75, 3.05) is 45.7 Å². The molecule has 1 heterocycles. The van der Waals surface area contributed by atoms with Gasteiger partial charge in [0.2, 0.25) is 5.28 Å². The molecule has 96 valence electrons. The van der Waals surface area contributed by atoms with E-state index in [1.807, 2.05) is 6.92 Å². The van der Waals surface area contributed by atoms with E-state index in [0.717, 1.165) is 37.6 Å². The van der Waals surface area contributed by atoms with Gasteiger partial charge in [-0.3, -0.25) is 0 Å². The van der Waals surface area contributed by atoms with E-state index < -0.39 is 0 Å². The molecule has 1 N–H and O–H groups in total. The Balaban J connectivity index is 2.32. The van der Waals surface area contributed by atoms with Crippen molar-refractivity contribution in [2.24, 2.45) is 0 Å². The maximum Gasteiger partial charge on any atom is 0.224 e. The summed E-state index contributed by atoms with van der Waals surface area (Å²) in [5.74, 6) is 0.796. The summed E-state index contributed by atoms with van der Waals surface area (Å²) in [6, 6.07) is 0. The number of hydrogen-bond donors (Lipinski definition) is 1. The summed E-state index contributed by atoms with van der Waals surface area (Å²) in [6.45, 7) is 5.35. The molecule has 5 nitrogen and oxygen atoms in total. The number of ether oxygens (including phenoxy) is 1. The number of rotatable bonds is 7. The number of aromatic nitrogens is 2. The average Bonchev–Trinajstić information content (AvgIpc) is 2.31. The lowest BCUT2D eigenvalue weighted by molar-refractivity contribution is 0.163. The Morgan fingerprint density at radius 2 is 2.24 bits per heavy atom. The average molecular weight is 259 g/mol. The van der Waals surface area contributed by atoms with E-state index in [9.17, 15) is 0 Å². The molecular weight excluding hydrogens is 240 g/mol. The van der Waals surface area contributed by atoms with Crippen molar-refractivity contribution in [1.29, 1.82) is 0 Å². The van der Waals surface area contributed by atoms with Gasteiger partial charge >= 0.3 is 0 Å². The predicted molar refractivity (Wildman–Crippen MR) is 69.6 cm³/mol. The molecule has 0 spiro atoms. The number of nitrogens with one attached hydrogen (secondary N) is 1. The van der Waals surface area contributed by atoms with E-state index in [1.54, 1.807) is 13.3 Å². The molecule has 0 fully saturated rings. The minimum absolute atomic E-state index is 0.269. The fourth-order valence-corrected chi connectivity index (χ4v) is 1.46. The van der Waals surface area contributed by atoms with E-state index in [-0.39, 0.29) is 5.28 Å². The van der Waals surface area contributed by atoms with Crippen LogP contribution in [0.25, 0.3) is 0 Å². The lowest BCUT2D eigenvalue weighted by Gasteiger charge is -2.16. The molecule has 0 bridgehead atoms. The van der Waals surface area contributed by atoms with Crippen LogP contribution in [0.3, 0.4) is 0 Å². The summed E-state index contributed by atoms with van der Waals surface area (Å²) in [5, 5.41) is 3.51. The first-order valence-electron chi connectivity index (χ1n) is 5.54. The van der Waals surface area contributed by atoms with Crippen LogP contribution in [0.5, 0.6) is 0 Å². The van der Waals surface area contributed by atoms with E-state index in [1.165, 1.54) is 0 Å². The molecular formula is C11H19ClN4O. The highest BCUT2D eigenvalue weighted by Gasteiger charge is 2.02. The van der Waals surface area contributed by atoms with Gasteiger partial charge in [-0.25, -0.2) is 9.97 Å². The molecule has 0 aliphatic carbocycles. The summed E-state index contributed by atoms with van der Waals surface area (Å²) in [5.41, 5.74) is 0.994. The molecule has 0 saturated carbocycles. The van der Waals surface area contributed by atoms with Crippen molar-refractivity contribution in [3.63, 3.8) is 0 Å². The number of likely N-dealkylation sites (N-methyl/N-ethyl adjacent to an activating group) is 1. The van der Waals surface area contributed by atoms with Crippen molar-refractivity contribution >= 4 is 17.4 Å². The SMILES string of the molecule is COCCN(C)CCNc1nc(Cl)ncc1C. The zero-order valence-electron chi connectivity index (χ0n) is 10.5. The lowest BCUT2D eigenvalue weighted by atomic mass is 10.3. The normalized spacial score (nSPS) is 10.9. The van der Waals surface area contributed by atoms with Gasteiger partial charge < -0.3 is 15.0 Å². The fraction of sp³-hybridized carbons (Fsp3) is 0.636. The fourth-order valence-electron chi connectivity index (χ4n) is 1.32. The van der Waals surface area contributed by atoms with E-state index in [4.69, 9.17) is 16.3 Å². The van der Waals surface area contributed by atoms with Crippen LogP contribution in [0, 0.1) is 6.92 Å². The smallest absolute Gasteiger partial charge is 0.224 e. The molecule has 0 aromatic carbocycles. The Hall–Kier alpha value is -0.910. The summed E-state index contributed by atoms with van der Waals surface area (Å²) >= 11 is 5.74. The second-order valence-corrected chi connectivity index (χ2v) is 4.23. The zero-order chi connectivity index (χ0) is 12.7. The summed E-state index contributed by atoms with van der Waals surface area (Å²) in [6.07, 6.45) is 1.71. The lowest BCUT2D eigenvalue weighted by Crippen LogP contribution is -2.28. The first kappa shape index (κ1) is 14.2. The second kappa shape index (κ2) is 7.42. The van der Waals surface area contributed by atoms with Crippen LogP contribution in [0.15, 0.2) is 6.20 Å². The summed E-state index contributed by atoms with van der Waals surface area (Å²) in [4.78, 5) is 10.2. The maximum absolute atomic E-state index is 5.74. The van der Waals surface area contributed by atoms with Gasteiger partial charge in [-0.15, -0.1) is 0 Å². The summed E-state index contributed by atoms with van der Waals surface area (Å²) < 4.78 is 5.01. The van der Waals surface area contributed by atoms with Crippen molar-refractivity contribution in [3.8, 4) is 0 Å². The zero-order valence-corrected chi connectivity index (χ0v) is 11.3. The number of hydrogen-bond acceptors (Lipinski definition) is 5. The van der Waals surface area contributed by atoms with Gasteiger partial charge in [0.05, 0.1) is 6.61 Å². The monoisotopic (exact) mass is 258 g/mol. The molecule has 0 saturated heterocycles. The van der Waals surface area contributed by atoms with Crippen LogP contribution in [0.1, 0.15) is 5.56 Å². The quantitative estimate of drug-likeness (QED) is 0.750. The Kier molecular flexibility index (Phi) is 6.18. The Morgan fingerprint density at radius 1 is 1.47 bits per heavy atom. The van der Waals surface area contributed by atoms with Gasteiger partial charge in [0.1, 0.15) is 5.82 Å². The molecule has 0 unspecified atom stereocenters. The molecule has 1 rings (SSSR count). The van der Waals surface area contributed by atoms with Crippen LogP contribution < -0.4 is 5.32 Å². The van der Waals surface area contributed by atoms with Gasteiger partial charge in [0.15, 0.2) is 0 Å².